The molecule has 5 heteroatoms. The standard InChI is InChI=1S/C22H31N3O2/c1-19(2)27-17-9-15-25(26,16-14-20-10-5-3-6-11-20)22(23)24-18-21-12-7-4-8-13-21/h3-8,10-13,19H,9,14-18H2,1-2H3,(H2,23,24). The minimum atomic E-state index is -0.608. The van der Waals surface area contributed by atoms with Crippen LogP contribution in [0.25, 0.3) is 0 Å². The molecule has 0 fully saturated rings. The topological polar surface area (TPSA) is 70.7 Å². The van der Waals surface area contributed by atoms with Crippen LogP contribution in [-0.2, 0) is 17.7 Å². The van der Waals surface area contributed by atoms with Gasteiger partial charge in [-0.1, -0.05) is 60.7 Å². The molecule has 5 nitrogen and oxygen atoms in total. The predicted molar refractivity (Wildman–Crippen MR) is 111 cm³/mol. The highest BCUT2D eigenvalue weighted by atomic mass is 16.6. The first-order chi connectivity index (χ1) is 13.0. The molecule has 2 rings (SSSR count). The third-order valence-corrected chi connectivity index (χ3v) is 4.40. The van der Waals surface area contributed by atoms with Crippen LogP contribution in [0.1, 0.15) is 31.4 Å². The van der Waals surface area contributed by atoms with Gasteiger partial charge in [0.2, 0.25) is 0 Å². The molecule has 2 N–H and O–H groups in total. The van der Waals surface area contributed by atoms with Gasteiger partial charge >= 0.3 is 0 Å². The van der Waals surface area contributed by atoms with Crippen molar-refractivity contribution < 1.29 is 9.38 Å². The van der Waals surface area contributed by atoms with Gasteiger partial charge in [0, 0.05) is 12.8 Å². The van der Waals surface area contributed by atoms with Crippen LogP contribution in [-0.4, -0.2) is 36.4 Å². The number of hydroxylamine groups is 3. The van der Waals surface area contributed by atoms with E-state index in [0.29, 0.717) is 39.1 Å². The lowest BCUT2D eigenvalue weighted by Gasteiger charge is -2.40. The molecular formula is C22H31N3O2. The lowest BCUT2D eigenvalue weighted by atomic mass is 10.1. The van der Waals surface area contributed by atoms with Crippen LogP contribution in [0.15, 0.2) is 65.7 Å². The number of hydrogen-bond donors (Lipinski definition) is 1. The number of nitrogens with two attached hydrogens (primary N) is 1. The number of aliphatic imine (C=N–C) groups is 1. The summed E-state index contributed by atoms with van der Waals surface area (Å²) in [6.45, 7) is 5.69. The third-order valence-electron chi connectivity index (χ3n) is 4.40. The predicted octanol–water partition coefficient (Wildman–Crippen LogP) is 3.87. The zero-order chi connectivity index (χ0) is 19.5. The van der Waals surface area contributed by atoms with E-state index in [1.54, 1.807) is 0 Å². The number of guanidine groups is 1. The summed E-state index contributed by atoms with van der Waals surface area (Å²) in [5.41, 5.74) is 8.34. The number of quaternary nitrogens is 1. The first-order valence-electron chi connectivity index (χ1n) is 9.57. The van der Waals surface area contributed by atoms with E-state index in [1.807, 2.05) is 74.5 Å². The molecule has 2 aromatic rings. The maximum absolute atomic E-state index is 13.5. The van der Waals surface area contributed by atoms with E-state index in [4.69, 9.17) is 10.5 Å². The highest BCUT2D eigenvalue weighted by Gasteiger charge is 2.22. The minimum Gasteiger partial charge on any atom is -0.625 e. The minimum absolute atomic E-state index is 0.138. The molecule has 0 bridgehead atoms. The number of nitrogens with zero attached hydrogens (tertiary/aromatic N) is 2. The molecule has 0 saturated carbocycles. The van der Waals surface area contributed by atoms with Gasteiger partial charge in [-0.2, -0.15) is 0 Å². The van der Waals surface area contributed by atoms with Crippen LogP contribution >= 0.6 is 0 Å². The quantitative estimate of drug-likeness (QED) is 0.227. The second-order valence-corrected chi connectivity index (χ2v) is 7.01. The van der Waals surface area contributed by atoms with Gasteiger partial charge in [-0.25, -0.2) is 4.99 Å². The Bertz CT molecular complexity index is 689. The summed E-state index contributed by atoms with van der Waals surface area (Å²) in [5.74, 6) is 0.138. The Kier molecular flexibility index (Phi) is 8.45. The molecule has 0 radical (unpaired) electrons. The summed E-state index contributed by atoms with van der Waals surface area (Å²) < 4.78 is 4.97. The Labute approximate surface area is 162 Å². The molecule has 0 aliphatic carbocycles. The Morgan fingerprint density at radius 3 is 2.19 bits per heavy atom. The molecule has 2 aromatic carbocycles. The van der Waals surface area contributed by atoms with Crippen molar-refractivity contribution in [2.75, 3.05) is 19.7 Å². The van der Waals surface area contributed by atoms with Crippen molar-refractivity contribution in [2.24, 2.45) is 10.7 Å². The van der Waals surface area contributed by atoms with E-state index in [-0.39, 0.29) is 12.1 Å². The Morgan fingerprint density at radius 2 is 1.59 bits per heavy atom. The summed E-state index contributed by atoms with van der Waals surface area (Å²) in [7, 11) is 0. The van der Waals surface area contributed by atoms with Gasteiger partial charge < -0.3 is 15.7 Å². The molecule has 146 valence electrons. The average molecular weight is 370 g/mol. The highest BCUT2D eigenvalue weighted by molar-refractivity contribution is 5.71. The molecule has 0 heterocycles. The molecule has 0 aliphatic rings. The number of rotatable bonds is 10. The van der Waals surface area contributed by atoms with Crippen molar-refractivity contribution in [3.8, 4) is 0 Å². The van der Waals surface area contributed by atoms with Gasteiger partial charge in [0.1, 0.15) is 0 Å². The summed E-state index contributed by atoms with van der Waals surface area (Å²) in [5, 5.41) is 13.5. The van der Waals surface area contributed by atoms with Gasteiger partial charge in [0.05, 0.1) is 32.3 Å². The summed E-state index contributed by atoms with van der Waals surface area (Å²) in [6.07, 6.45) is 1.47. The van der Waals surface area contributed by atoms with Crippen molar-refractivity contribution in [3.05, 3.63) is 77.0 Å². The number of benzene rings is 2. The molecular weight excluding hydrogens is 338 g/mol. The molecule has 0 saturated heterocycles. The molecule has 0 aromatic heterocycles. The van der Waals surface area contributed by atoms with Crippen LogP contribution in [0.3, 0.4) is 0 Å². The molecule has 1 atom stereocenters. The Morgan fingerprint density at radius 1 is 1.00 bits per heavy atom. The van der Waals surface area contributed by atoms with E-state index in [1.165, 1.54) is 0 Å². The van der Waals surface area contributed by atoms with Gasteiger partial charge in [-0.3, -0.25) is 4.65 Å². The average Bonchev–Trinajstić information content (AvgIpc) is 2.69. The van der Waals surface area contributed by atoms with Crippen LogP contribution in [0.5, 0.6) is 0 Å². The van der Waals surface area contributed by atoms with Gasteiger partial charge in [0.15, 0.2) is 0 Å². The molecule has 27 heavy (non-hydrogen) atoms. The van der Waals surface area contributed by atoms with Gasteiger partial charge in [0.25, 0.3) is 5.96 Å². The first-order valence-corrected chi connectivity index (χ1v) is 9.57. The van der Waals surface area contributed by atoms with E-state index < -0.39 is 4.65 Å². The lowest BCUT2D eigenvalue weighted by molar-refractivity contribution is -0.791. The zero-order valence-electron chi connectivity index (χ0n) is 16.4. The van der Waals surface area contributed by atoms with Crippen molar-refractivity contribution >= 4 is 5.96 Å². The zero-order valence-corrected chi connectivity index (χ0v) is 16.4. The first kappa shape index (κ1) is 21.1. The SMILES string of the molecule is CC(C)OCCC[N+]([O-])(CCc1ccccc1)C(N)=NCc1ccccc1. The van der Waals surface area contributed by atoms with Crippen LogP contribution in [0, 0.1) is 5.21 Å². The van der Waals surface area contributed by atoms with Crippen molar-refractivity contribution in [3.63, 3.8) is 0 Å². The van der Waals surface area contributed by atoms with E-state index in [9.17, 15) is 5.21 Å². The maximum atomic E-state index is 13.5. The largest absolute Gasteiger partial charge is 0.625 e. The van der Waals surface area contributed by atoms with Crippen molar-refractivity contribution in [1.29, 1.82) is 0 Å². The second kappa shape index (κ2) is 10.8. The fourth-order valence-electron chi connectivity index (χ4n) is 2.82. The summed E-state index contributed by atoms with van der Waals surface area (Å²) in [4.78, 5) is 4.41. The van der Waals surface area contributed by atoms with E-state index in [0.717, 1.165) is 11.1 Å². The van der Waals surface area contributed by atoms with Crippen molar-refractivity contribution in [1.82, 2.24) is 0 Å². The van der Waals surface area contributed by atoms with Crippen molar-refractivity contribution in [2.45, 2.75) is 39.3 Å². The van der Waals surface area contributed by atoms with Gasteiger partial charge in [-0.15, -0.1) is 0 Å². The van der Waals surface area contributed by atoms with E-state index in [2.05, 4.69) is 4.99 Å². The molecule has 1 unspecified atom stereocenters. The maximum Gasteiger partial charge on any atom is 0.295 e. The van der Waals surface area contributed by atoms with Crippen LogP contribution in [0.2, 0.25) is 0 Å². The third kappa shape index (κ3) is 7.51. The fourth-order valence-corrected chi connectivity index (χ4v) is 2.82. The van der Waals surface area contributed by atoms with Crippen LogP contribution in [0.4, 0.5) is 0 Å². The van der Waals surface area contributed by atoms with E-state index >= 15 is 0 Å². The number of ether oxygens (including phenoxy) is 1. The second-order valence-electron chi connectivity index (χ2n) is 7.01. The smallest absolute Gasteiger partial charge is 0.295 e. The van der Waals surface area contributed by atoms with Gasteiger partial charge in [-0.05, 0) is 25.0 Å². The molecule has 0 amide bonds. The molecule has 0 aliphatic heterocycles. The monoisotopic (exact) mass is 369 g/mol. The summed E-state index contributed by atoms with van der Waals surface area (Å²) >= 11 is 0. The normalized spacial score (nSPS) is 14.3. The highest BCUT2D eigenvalue weighted by Crippen LogP contribution is 2.12. The van der Waals surface area contributed by atoms with Crippen LogP contribution < -0.4 is 5.73 Å². The number of hydrogen-bond acceptors (Lipinski definition) is 3. The Hall–Kier alpha value is -2.21. The lowest BCUT2D eigenvalue weighted by Crippen LogP contribution is -2.54. The summed E-state index contributed by atoms with van der Waals surface area (Å²) in [6, 6.07) is 19.8. The fraction of sp³-hybridized carbons (Fsp3) is 0.409. The Balaban J connectivity index is 2.04. The molecule has 0 spiro atoms.